The van der Waals surface area contributed by atoms with Crippen LogP contribution in [0.25, 0.3) is 0 Å². The Morgan fingerprint density at radius 1 is 1.22 bits per heavy atom. The Hall–Kier alpha value is -1.75. The molecule has 2 fully saturated rings. The van der Waals surface area contributed by atoms with Gasteiger partial charge in [-0.3, -0.25) is 0 Å². The van der Waals surface area contributed by atoms with Crippen molar-refractivity contribution in [1.82, 2.24) is 4.90 Å². The molecule has 0 saturated carbocycles. The van der Waals surface area contributed by atoms with Gasteiger partial charge in [0.1, 0.15) is 0 Å². The van der Waals surface area contributed by atoms with E-state index in [2.05, 4.69) is 5.32 Å². The summed E-state index contributed by atoms with van der Waals surface area (Å²) >= 11 is 0. The van der Waals surface area contributed by atoms with E-state index in [1.165, 1.54) is 0 Å². The number of carbonyl (C=O) groups is 1. The van der Waals surface area contributed by atoms with E-state index in [0.717, 1.165) is 18.5 Å². The Kier molecular flexibility index (Phi) is 2.83. The quantitative estimate of drug-likeness (QED) is 0.742. The van der Waals surface area contributed by atoms with Crippen molar-refractivity contribution in [3.8, 4) is 0 Å². The monoisotopic (exact) mass is 247 g/mol. The molecule has 0 spiro atoms. The summed E-state index contributed by atoms with van der Waals surface area (Å²) in [6.07, 6.45) is 2.58. The molecular weight excluding hydrogens is 230 g/mol. The number of nitrogens with zero attached hydrogens (tertiary/aromatic N) is 1. The number of rotatable bonds is 1. The summed E-state index contributed by atoms with van der Waals surface area (Å²) in [6, 6.07) is 7.11. The van der Waals surface area contributed by atoms with E-state index >= 15 is 0 Å². The SMILES string of the molecule is Nc1ccc(NC(=O)N2CC3CCC(C2)O3)cc1. The average molecular weight is 247 g/mol. The lowest BCUT2D eigenvalue weighted by Crippen LogP contribution is -2.47. The van der Waals surface area contributed by atoms with Crippen LogP contribution in [-0.2, 0) is 4.74 Å². The predicted octanol–water partition coefficient (Wildman–Crippen LogP) is 1.66. The van der Waals surface area contributed by atoms with Crippen molar-refractivity contribution in [3.05, 3.63) is 24.3 Å². The topological polar surface area (TPSA) is 67.6 Å². The highest BCUT2D eigenvalue weighted by molar-refractivity contribution is 5.89. The van der Waals surface area contributed by atoms with Gasteiger partial charge in [-0.1, -0.05) is 0 Å². The second-order valence-corrected chi connectivity index (χ2v) is 4.91. The molecule has 96 valence electrons. The number of hydrogen-bond donors (Lipinski definition) is 2. The first-order valence-electron chi connectivity index (χ1n) is 6.27. The molecule has 18 heavy (non-hydrogen) atoms. The molecule has 5 heteroatoms. The fraction of sp³-hybridized carbons (Fsp3) is 0.462. The molecule has 3 N–H and O–H groups in total. The van der Waals surface area contributed by atoms with Gasteiger partial charge in [-0.15, -0.1) is 0 Å². The summed E-state index contributed by atoms with van der Waals surface area (Å²) in [5.74, 6) is 0. The predicted molar refractivity (Wildman–Crippen MR) is 69.3 cm³/mol. The first kappa shape index (κ1) is 11.3. The maximum Gasteiger partial charge on any atom is 0.322 e. The number of hydrogen-bond acceptors (Lipinski definition) is 3. The van der Waals surface area contributed by atoms with Crippen LogP contribution in [0.2, 0.25) is 0 Å². The Labute approximate surface area is 106 Å². The van der Waals surface area contributed by atoms with E-state index in [9.17, 15) is 4.79 Å². The number of carbonyl (C=O) groups excluding carboxylic acids is 1. The van der Waals surface area contributed by atoms with E-state index in [1.54, 1.807) is 12.1 Å². The number of anilines is 2. The lowest BCUT2D eigenvalue weighted by molar-refractivity contribution is -0.0219. The highest BCUT2D eigenvalue weighted by atomic mass is 16.5. The van der Waals surface area contributed by atoms with Crippen LogP contribution in [0.1, 0.15) is 12.8 Å². The second-order valence-electron chi connectivity index (χ2n) is 4.91. The maximum atomic E-state index is 12.1. The Bertz CT molecular complexity index is 434. The third-order valence-corrected chi connectivity index (χ3v) is 3.49. The van der Waals surface area contributed by atoms with Crippen LogP contribution >= 0.6 is 0 Å². The Balaban J connectivity index is 1.63. The number of nitrogen functional groups attached to an aromatic ring is 1. The molecule has 2 bridgehead atoms. The van der Waals surface area contributed by atoms with Crippen LogP contribution in [0.15, 0.2) is 24.3 Å². The number of urea groups is 1. The minimum absolute atomic E-state index is 0.0556. The molecule has 0 aliphatic carbocycles. The van der Waals surface area contributed by atoms with E-state index < -0.39 is 0 Å². The van der Waals surface area contributed by atoms with Gasteiger partial charge in [-0.25, -0.2) is 4.79 Å². The van der Waals surface area contributed by atoms with E-state index in [0.29, 0.717) is 18.8 Å². The van der Waals surface area contributed by atoms with Gasteiger partial charge in [-0.2, -0.15) is 0 Å². The van der Waals surface area contributed by atoms with Crippen LogP contribution < -0.4 is 11.1 Å². The van der Waals surface area contributed by atoms with Crippen LogP contribution in [-0.4, -0.2) is 36.2 Å². The number of nitrogens with two attached hydrogens (primary N) is 1. The fourth-order valence-corrected chi connectivity index (χ4v) is 2.55. The molecule has 1 aromatic carbocycles. The van der Waals surface area contributed by atoms with E-state index in [4.69, 9.17) is 10.5 Å². The smallest absolute Gasteiger partial charge is 0.322 e. The summed E-state index contributed by atoms with van der Waals surface area (Å²) in [4.78, 5) is 13.9. The normalized spacial score (nSPS) is 26.1. The number of morpholine rings is 1. The zero-order chi connectivity index (χ0) is 12.5. The molecule has 2 amide bonds. The number of benzene rings is 1. The first-order chi connectivity index (χ1) is 8.70. The Morgan fingerprint density at radius 3 is 2.44 bits per heavy atom. The van der Waals surface area contributed by atoms with Crippen molar-refractivity contribution in [2.75, 3.05) is 24.1 Å². The number of likely N-dealkylation sites (tertiary alicyclic amines) is 1. The van der Waals surface area contributed by atoms with Crippen LogP contribution in [0.5, 0.6) is 0 Å². The maximum absolute atomic E-state index is 12.1. The largest absolute Gasteiger partial charge is 0.399 e. The van der Waals surface area contributed by atoms with Gasteiger partial charge < -0.3 is 20.7 Å². The number of amides is 2. The summed E-state index contributed by atoms with van der Waals surface area (Å²) in [6.45, 7) is 1.38. The summed E-state index contributed by atoms with van der Waals surface area (Å²) in [5.41, 5.74) is 7.07. The lowest BCUT2D eigenvalue weighted by Gasteiger charge is -2.32. The van der Waals surface area contributed by atoms with Gasteiger partial charge in [0.05, 0.1) is 12.2 Å². The van der Waals surface area contributed by atoms with Gasteiger partial charge >= 0.3 is 6.03 Å². The zero-order valence-corrected chi connectivity index (χ0v) is 10.1. The molecule has 2 heterocycles. The first-order valence-corrected chi connectivity index (χ1v) is 6.27. The number of fused-ring (bicyclic) bond motifs is 2. The summed E-state index contributed by atoms with van der Waals surface area (Å²) in [5, 5.41) is 2.88. The molecule has 2 aliphatic heterocycles. The standard InChI is InChI=1S/C13H17N3O2/c14-9-1-3-10(4-2-9)15-13(17)16-7-11-5-6-12(8-16)18-11/h1-4,11-12H,5-8,14H2,(H,15,17). The van der Waals surface area contributed by atoms with Gasteiger partial charge in [0, 0.05) is 24.5 Å². The molecule has 2 unspecified atom stereocenters. The van der Waals surface area contributed by atoms with Crippen molar-refractivity contribution >= 4 is 17.4 Å². The van der Waals surface area contributed by atoms with Gasteiger partial charge in [0.15, 0.2) is 0 Å². The third-order valence-electron chi connectivity index (χ3n) is 3.49. The van der Waals surface area contributed by atoms with Gasteiger partial charge in [0.25, 0.3) is 0 Å². The molecular formula is C13H17N3O2. The van der Waals surface area contributed by atoms with Crippen LogP contribution in [0.4, 0.5) is 16.2 Å². The van der Waals surface area contributed by atoms with Crippen molar-refractivity contribution in [3.63, 3.8) is 0 Å². The van der Waals surface area contributed by atoms with Gasteiger partial charge in [0.2, 0.25) is 0 Å². The molecule has 5 nitrogen and oxygen atoms in total. The average Bonchev–Trinajstić information content (AvgIpc) is 2.71. The summed E-state index contributed by atoms with van der Waals surface area (Å²) < 4.78 is 5.71. The lowest BCUT2D eigenvalue weighted by atomic mass is 10.2. The van der Waals surface area contributed by atoms with Gasteiger partial charge in [-0.05, 0) is 37.1 Å². The minimum Gasteiger partial charge on any atom is -0.399 e. The van der Waals surface area contributed by atoms with E-state index in [-0.39, 0.29) is 18.2 Å². The molecule has 2 aliphatic rings. The fourth-order valence-electron chi connectivity index (χ4n) is 2.55. The van der Waals surface area contributed by atoms with Crippen molar-refractivity contribution in [2.24, 2.45) is 0 Å². The molecule has 0 radical (unpaired) electrons. The molecule has 0 aromatic heterocycles. The van der Waals surface area contributed by atoms with Crippen LogP contribution in [0.3, 0.4) is 0 Å². The number of nitrogens with one attached hydrogen (secondary N) is 1. The Morgan fingerprint density at radius 2 is 1.83 bits per heavy atom. The molecule has 2 saturated heterocycles. The van der Waals surface area contributed by atoms with Crippen LogP contribution in [0, 0.1) is 0 Å². The minimum atomic E-state index is -0.0556. The highest BCUT2D eigenvalue weighted by Gasteiger charge is 2.35. The molecule has 3 rings (SSSR count). The van der Waals surface area contributed by atoms with E-state index in [1.807, 2.05) is 17.0 Å². The number of ether oxygens (including phenoxy) is 1. The molecule has 1 aromatic rings. The van der Waals surface area contributed by atoms with Crippen molar-refractivity contribution in [2.45, 2.75) is 25.0 Å². The summed E-state index contributed by atoms with van der Waals surface area (Å²) in [7, 11) is 0. The second kappa shape index (κ2) is 4.49. The highest BCUT2D eigenvalue weighted by Crippen LogP contribution is 2.26. The molecule has 2 atom stereocenters. The van der Waals surface area contributed by atoms with Crippen molar-refractivity contribution < 1.29 is 9.53 Å². The zero-order valence-electron chi connectivity index (χ0n) is 10.1. The van der Waals surface area contributed by atoms with Crippen molar-refractivity contribution in [1.29, 1.82) is 0 Å². The third kappa shape index (κ3) is 2.26.